The lowest BCUT2D eigenvalue weighted by Gasteiger charge is -2.09. The maximum atomic E-state index is 2.22. The molecule has 0 bridgehead atoms. The molecule has 0 aliphatic heterocycles. The van der Waals surface area contributed by atoms with Gasteiger partial charge >= 0.3 is 0 Å². The summed E-state index contributed by atoms with van der Waals surface area (Å²) >= 11 is 0. The highest BCUT2D eigenvalue weighted by atomic mass is 14.1. The van der Waals surface area contributed by atoms with Crippen molar-refractivity contribution in [3.63, 3.8) is 0 Å². The van der Waals surface area contributed by atoms with E-state index in [0.29, 0.717) is 0 Å². The Morgan fingerprint density at radius 3 is 2.06 bits per heavy atom. The molecule has 0 saturated heterocycles. The smallest absolute Gasteiger partial charge is 0.0178 e. The van der Waals surface area contributed by atoms with Gasteiger partial charge in [-0.1, -0.05) is 66.8 Å². The fourth-order valence-corrected chi connectivity index (χ4v) is 1.83. The van der Waals surface area contributed by atoms with Crippen molar-refractivity contribution in [3.05, 3.63) is 70.8 Å². The lowest BCUT2D eigenvalue weighted by Crippen LogP contribution is -1.89. The monoisotopic (exact) mass is 204 g/mol. The van der Waals surface area contributed by atoms with Crippen LogP contribution in [0.15, 0.2) is 48.5 Å². The van der Waals surface area contributed by atoms with Crippen LogP contribution in [0.1, 0.15) is 22.3 Å². The van der Waals surface area contributed by atoms with Crippen LogP contribution in [0.3, 0.4) is 0 Å². The summed E-state index contributed by atoms with van der Waals surface area (Å²) < 4.78 is 0. The SMILES string of the molecule is C(=Cc1ccc2c(c1)C=C2)c1ccccc1. The van der Waals surface area contributed by atoms with Crippen LogP contribution in [0.5, 0.6) is 0 Å². The van der Waals surface area contributed by atoms with E-state index in [-0.39, 0.29) is 0 Å². The van der Waals surface area contributed by atoms with Crippen LogP contribution in [0.25, 0.3) is 24.3 Å². The molecule has 1 aliphatic rings. The average Bonchev–Trinajstić information content (AvgIpc) is 2.31. The van der Waals surface area contributed by atoms with E-state index in [1.807, 2.05) is 6.07 Å². The first-order valence-electron chi connectivity index (χ1n) is 5.47. The first kappa shape index (κ1) is 9.17. The van der Waals surface area contributed by atoms with E-state index in [4.69, 9.17) is 0 Å². The van der Waals surface area contributed by atoms with E-state index in [1.165, 1.54) is 22.3 Å². The molecule has 0 saturated carbocycles. The molecule has 0 spiro atoms. The van der Waals surface area contributed by atoms with E-state index >= 15 is 0 Å². The van der Waals surface area contributed by atoms with Crippen LogP contribution in [-0.2, 0) is 0 Å². The fourth-order valence-electron chi connectivity index (χ4n) is 1.83. The number of rotatable bonds is 2. The van der Waals surface area contributed by atoms with Crippen molar-refractivity contribution in [1.29, 1.82) is 0 Å². The second-order valence-electron chi connectivity index (χ2n) is 3.97. The molecule has 2 aromatic carbocycles. The van der Waals surface area contributed by atoms with Crippen molar-refractivity contribution >= 4 is 24.3 Å². The summed E-state index contributed by atoms with van der Waals surface area (Å²) in [5, 5.41) is 0. The molecule has 76 valence electrons. The first-order valence-corrected chi connectivity index (χ1v) is 5.47. The largest absolute Gasteiger partial charge is 0.0622 e. The summed E-state index contributed by atoms with van der Waals surface area (Å²) in [6, 6.07) is 16.9. The van der Waals surface area contributed by atoms with Crippen LogP contribution >= 0.6 is 0 Å². The Bertz CT molecular complexity index is 560. The van der Waals surface area contributed by atoms with Gasteiger partial charge < -0.3 is 0 Å². The van der Waals surface area contributed by atoms with E-state index in [9.17, 15) is 0 Å². The molecule has 0 unspecified atom stereocenters. The number of benzene rings is 2. The Labute approximate surface area is 95.6 Å². The lowest BCUT2D eigenvalue weighted by atomic mass is 9.95. The number of hydrogen-bond acceptors (Lipinski definition) is 0. The number of fused-ring (bicyclic) bond motifs is 1. The Morgan fingerprint density at radius 2 is 1.38 bits per heavy atom. The Balaban J connectivity index is 1.85. The second-order valence-corrected chi connectivity index (χ2v) is 3.97. The molecule has 2 aromatic rings. The van der Waals surface area contributed by atoms with Gasteiger partial charge in [0.1, 0.15) is 0 Å². The molecular weight excluding hydrogens is 192 g/mol. The maximum Gasteiger partial charge on any atom is -0.0178 e. The normalized spacial score (nSPS) is 12.5. The van der Waals surface area contributed by atoms with Crippen LogP contribution in [-0.4, -0.2) is 0 Å². The third-order valence-electron chi connectivity index (χ3n) is 2.82. The van der Waals surface area contributed by atoms with E-state index in [2.05, 4.69) is 66.8 Å². The third-order valence-corrected chi connectivity index (χ3v) is 2.82. The quantitative estimate of drug-likeness (QED) is 0.545. The zero-order chi connectivity index (χ0) is 10.8. The highest BCUT2D eigenvalue weighted by Gasteiger charge is 2.03. The third kappa shape index (κ3) is 1.70. The molecule has 0 aromatic heterocycles. The van der Waals surface area contributed by atoms with Crippen molar-refractivity contribution in [1.82, 2.24) is 0 Å². The van der Waals surface area contributed by atoms with Gasteiger partial charge in [0.05, 0.1) is 0 Å². The average molecular weight is 204 g/mol. The summed E-state index contributed by atoms with van der Waals surface area (Å²) in [5.74, 6) is 0. The molecule has 1 aliphatic carbocycles. The van der Waals surface area contributed by atoms with Crippen molar-refractivity contribution < 1.29 is 0 Å². The molecule has 0 atom stereocenters. The van der Waals surface area contributed by atoms with Crippen LogP contribution in [0, 0.1) is 0 Å². The molecule has 0 heteroatoms. The minimum atomic E-state index is 1.24. The summed E-state index contributed by atoms with van der Waals surface area (Å²) in [6.45, 7) is 0. The Kier molecular flexibility index (Phi) is 2.19. The number of hydrogen-bond donors (Lipinski definition) is 0. The summed E-state index contributed by atoms with van der Waals surface area (Å²) in [7, 11) is 0. The fraction of sp³-hybridized carbons (Fsp3) is 0. The van der Waals surface area contributed by atoms with Gasteiger partial charge in [-0.15, -0.1) is 0 Å². The minimum Gasteiger partial charge on any atom is -0.0622 e. The zero-order valence-electron chi connectivity index (χ0n) is 8.93. The molecule has 0 fully saturated rings. The molecule has 0 N–H and O–H groups in total. The van der Waals surface area contributed by atoms with Crippen LogP contribution < -0.4 is 0 Å². The van der Waals surface area contributed by atoms with Crippen molar-refractivity contribution in [2.24, 2.45) is 0 Å². The van der Waals surface area contributed by atoms with E-state index < -0.39 is 0 Å². The summed E-state index contributed by atoms with van der Waals surface area (Å²) in [5.41, 5.74) is 5.18. The van der Waals surface area contributed by atoms with Gasteiger partial charge in [0.25, 0.3) is 0 Å². The molecule has 16 heavy (non-hydrogen) atoms. The van der Waals surface area contributed by atoms with Crippen molar-refractivity contribution in [3.8, 4) is 0 Å². The molecule has 0 radical (unpaired) electrons. The summed E-state index contributed by atoms with van der Waals surface area (Å²) in [4.78, 5) is 0. The Morgan fingerprint density at radius 1 is 0.625 bits per heavy atom. The highest BCUT2D eigenvalue weighted by molar-refractivity contribution is 5.87. The van der Waals surface area contributed by atoms with Crippen LogP contribution in [0.2, 0.25) is 0 Å². The van der Waals surface area contributed by atoms with Gasteiger partial charge in [0, 0.05) is 0 Å². The topological polar surface area (TPSA) is 0 Å². The molecule has 0 amide bonds. The molecule has 0 heterocycles. The standard InChI is InChI=1S/C16H12/c1-2-4-13(5-3-1)6-7-14-8-9-15-10-11-16(15)12-14/h1-12H. The minimum absolute atomic E-state index is 1.24. The van der Waals surface area contributed by atoms with Gasteiger partial charge in [-0.3, -0.25) is 0 Å². The lowest BCUT2D eigenvalue weighted by molar-refractivity contribution is 1.55. The van der Waals surface area contributed by atoms with Gasteiger partial charge in [0.15, 0.2) is 0 Å². The van der Waals surface area contributed by atoms with E-state index in [0.717, 1.165) is 0 Å². The first-order chi connectivity index (χ1) is 7.92. The van der Waals surface area contributed by atoms with Gasteiger partial charge in [-0.25, -0.2) is 0 Å². The molecular formula is C16H12. The van der Waals surface area contributed by atoms with Crippen molar-refractivity contribution in [2.45, 2.75) is 0 Å². The summed E-state index contributed by atoms with van der Waals surface area (Å²) in [6.07, 6.45) is 8.58. The Hall–Kier alpha value is -2.08. The van der Waals surface area contributed by atoms with E-state index in [1.54, 1.807) is 0 Å². The zero-order valence-corrected chi connectivity index (χ0v) is 8.93. The highest BCUT2D eigenvalue weighted by Crippen LogP contribution is 2.24. The maximum absolute atomic E-state index is 2.22. The predicted molar refractivity (Wildman–Crippen MR) is 70.7 cm³/mol. The van der Waals surface area contributed by atoms with Gasteiger partial charge in [-0.05, 0) is 28.3 Å². The predicted octanol–water partition coefficient (Wildman–Crippen LogP) is 4.34. The van der Waals surface area contributed by atoms with Gasteiger partial charge in [0.2, 0.25) is 0 Å². The second kappa shape index (κ2) is 3.82. The van der Waals surface area contributed by atoms with Crippen molar-refractivity contribution in [2.75, 3.05) is 0 Å². The van der Waals surface area contributed by atoms with Gasteiger partial charge in [-0.2, -0.15) is 0 Å². The van der Waals surface area contributed by atoms with Crippen LogP contribution in [0.4, 0.5) is 0 Å². The molecule has 3 rings (SSSR count). The molecule has 0 nitrogen and oxygen atoms in total.